The van der Waals surface area contributed by atoms with Crippen molar-refractivity contribution in [2.24, 2.45) is 4.99 Å². The van der Waals surface area contributed by atoms with Crippen molar-refractivity contribution in [2.45, 2.75) is 6.61 Å². The number of esters is 1. The van der Waals surface area contributed by atoms with Gasteiger partial charge in [0.05, 0.1) is 27.7 Å². The Hall–Kier alpha value is -3.06. The molecule has 4 rings (SSSR count). The summed E-state index contributed by atoms with van der Waals surface area (Å²) in [4.78, 5) is 16.4. The lowest BCUT2D eigenvalue weighted by molar-refractivity contribution is -0.129. The Labute approximate surface area is 204 Å². The molecular weight excluding hydrogens is 492 g/mol. The number of carbonyl (C=O) groups is 1. The standard InChI is InChI=1S/C24H15Cl3FNO4/c1-31-21-11-14(9-18(27)22(21)32-12-13-6-7-16(25)17(26)8-13)10-20-24(30)33-23(29-20)15-4-2-3-5-19(15)28/h2-11H,12H2,1H3/b20-10-. The minimum atomic E-state index is -0.705. The summed E-state index contributed by atoms with van der Waals surface area (Å²) in [6.45, 7) is 0.177. The van der Waals surface area contributed by atoms with E-state index in [1.165, 1.54) is 31.4 Å². The molecule has 0 N–H and O–H groups in total. The lowest BCUT2D eigenvalue weighted by atomic mass is 10.1. The molecular formula is C24H15Cl3FNO4. The summed E-state index contributed by atoms with van der Waals surface area (Å²) >= 11 is 18.4. The number of ether oxygens (including phenoxy) is 3. The van der Waals surface area contributed by atoms with Crippen LogP contribution in [0.5, 0.6) is 11.5 Å². The quantitative estimate of drug-likeness (QED) is 0.275. The molecule has 3 aromatic rings. The van der Waals surface area contributed by atoms with Crippen molar-refractivity contribution in [1.82, 2.24) is 0 Å². The molecule has 9 heteroatoms. The number of hydrogen-bond donors (Lipinski definition) is 0. The van der Waals surface area contributed by atoms with Gasteiger partial charge in [0.25, 0.3) is 0 Å². The number of halogens is 4. The van der Waals surface area contributed by atoms with Gasteiger partial charge in [-0.2, -0.15) is 0 Å². The summed E-state index contributed by atoms with van der Waals surface area (Å²) < 4.78 is 30.4. The van der Waals surface area contributed by atoms with Gasteiger partial charge in [-0.3, -0.25) is 0 Å². The van der Waals surface area contributed by atoms with Gasteiger partial charge in [0, 0.05) is 0 Å². The molecule has 0 atom stereocenters. The Kier molecular flexibility index (Phi) is 6.88. The minimum absolute atomic E-state index is 0.00385. The SMILES string of the molecule is COc1cc(/C=C2\N=C(c3ccccc3F)OC2=O)cc(Cl)c1OCc1ccc(Cl)c(Cl)c1. The van der Waals surface area contributed by atoms with Crippen LogP contribution in [0, 0.1) is 5.82 Å². The van der Waals surface area contributed by atoms with Gasteiger partial charge < -0.3 is 14.2 Å². The average molecular weight is 507 g/mol. The van der Waals surface area contributed by atoms with Crippen molar-refractivity contribution in [3.8, 4) is 11.5 Å². The predicted molar refractivity (Wildman–Crippen MR) is 126 cm³/mol. The molecule has 1 heterocycles. The number of rotatable bonds is 6. The largest absolute Gasteiger partial charge is 0.493 e. The maximum atomic E-state index is 14.0. The fourth-order valence-electron chi connectivity index (χ4n) is 3.06. The highest BCUT2D eigenvalue weighted by Gasteiger charge is 2.26. The molecule has 0 aromatic heterocycles. The van der Waals surface area contributed by atoms with E-state index in [0.717, 1.165) is 5.56 Å². The average Bonchev–Trinajstić information content (AvgIpc) is 3.15. The Morgan fingerprint density at radius 2 is 1.82 bits per heavy atom. The first-order chi connectivity index (χ1) is 15.9. The van der Waals surface area contributed by atoms with Gasteiger partial charge in [-0.1, -0.05) is 53.0 Å². The summed E-state index contributed by atoms with van der Waals surface area (Å²) in [6, 6.07) is 14.3. The summed E-state index contributed by atoms with van der Waals surface area (Å²) in [5.74, 6) is -0.693. The monoisotopic (exact) mass is 505 g/mol. The second-order valence-electron chi connectivity index (χ2n) is 6.89. The zero-order valence-electron chi connectivity index (χ0n) is 17.1. The second-order valence-corrected chi connectivity index (χ2v) is 8.11. The molecule has 0 unspecified atom stereocenters. The molecule has 0 saturated heterocycles. The topological polar surface area (TPSA) is 57.1 Å². The molecule has 33 heavy (non-hydrogen) atoms. The third-order valence-electron chi connectivity index (χ3n) is 4.65. The fraction of sp³-hybridized carbons (Fsp3) is 0.0833. The Balaban J connectivity index is 1.59. The lowest BCUT2D eigenvalue weighted by Gasteiger charge is -2.14. The van der Waals surface area contributed by atoms with Crippen LogP contribution in [-0.4, -0.2) is 19.0 Å². The van der Waals surface area contributed by atoms with Crippen LogP contribution in [0.2, 0.25) is 15.1 Å². The fourth-order valence-corrected chi connectivity index (χ4v) is 3.66. The number of cyclic esters (lactones) is 1. The molecule has 0 aliphatic carbocycles. The van der Waals surface area contributed by atoms with Crippen LogP contribution in [0.4, 0.5) is 4.39 Å². The van der Waals surface area contributed by atoms with Gasteiger partial charge in [0.15, 0.2) is 17.2 Å². The summed E-state index contributed by atoms with van der Waals surface area (Å²) in [5, 5.41) is 1.11. The van der Waals surface area contributed by atoms with Gasteiger partial charge >= 0.3 is 5.97 Å². The zero-order valence-corrected chi connectivity index (χ0v) is 19.3. The van der Waals surface area contributed by atoms with Crippen LogP contribution >= 0.6 is 34.8 Å². The van der Waals surface area contributed by atoms with Crippen LogP contribution < -0.4 is 9.47 Å². The van der Waals surface area contributed by atoms with E-state index in [0.29, 0.717) is 27.1 Å². The lowest BCUT2D eigenvalue weighted by Crippen LogP contribution is -2.07. The van der Waals surface area contributed by atoms with Gasteiger partial charge in [-0.25, -0.2) is 14.2 Å². The van der Waals surface area contributed by atoms with E-state index >= 15 is 0 Å². The van der Waals surface area contributed by atoms with Crippen LogP contribution in [0.15, 0.2) is 65.3 Å². The maximum Gasteiger partial charge on any atom is 0.363 e. The first-order valence-corrected chi connectivity index (χ1v) is 10.7. The molecule has 0 bridgehead atoms. The Bertz CT molecular complexity index is 1310. The van der Waals surface area contributed by atoms with Crippen molar-refractivity contribution < 1.29 is 23.4 Å². The first kappa shape index (κ1) is 23.1. The van der Waals surface area contributed by atoms with Crippen molar-refractivity contribution in [3.05, 3.63) is 97.9 Å². The molecule has 0 radical (unpaired) electrons. The van der Waals surface area contributed by atoms with E-state index in [-0.39, 0.29) is 28.8 Å². The van der Waals surface area contributed by atoms with Crippen LogP contribution in [0.25, 0.3) is 6.08 Å². The Morgan fingerprint density at radius 1 is 1.03 bits per heavy atom. The number of benzene rings is 3. The van der Waals surface area contributed by atoms with E-state index in [1.807, 2.05) is 0 Å². The number of aliphatic imine (C=N–C) groups is 1. The smallest absolute Gasteiger partial charge is 0.363 e. The van der Waals surface area contributed by atoms with Gasteiger partial charge in [0.2, 0.25) is 5.90 Å². The molecule has 3 aromatic carbocycles. The third kappa shape index (κ3) is 5.14. The normalized spacial score (nSPS) is 14.3. The molecule has 0 saturated carbocycles. The second kappa shape index (κ2) is 9.83. The van der Waals surface area contributed by atoms with E-state index < -0.39 is 11.8 Å². The zero-order chi connectivity index (χ0) is 23.5. The van der Waals surface area contributed by atoms with E-state index in [2.05, 4.69) is 4.99 Å². The molecule has 0 fully saturated rings. The van der Waals surface area contributed by atoms with Gasteiger partial charge in [-0.05, 0) is 53.6 Å². The minimum Gasteiger partial charge on any atom is -0.493 e. The number of nitrogens with zero attached hydrogens (tertiary/aromatic N) is 1. The van der Waals surface area contributed by atoms with Crippen molar-refractivity contribution in [3.63, 3.8) is 0 Å². The van der Waals surface area contributed by atoms with Crippen LogP contribution in [0.1, 0.15) is 16.7 Å². The molecule has 5 nitrogen and oxygen atoms in total. The maximum absolute atomic E-state index is 14.0. The highest BCUT2D eigenvalue weighted by molar-refractivity contribution is 6.42. The predicted octanol–water partition coefficient (Wildman–Crippen LogP) is 6.72. The summed E-state index contributed by atoms with van der Waals surface area (Å²) in [6.07, 6.45) is 1.47. The number of hydrogen-bond acceptors (Lipinski definition) is 5. The number of carbonyl (C=O) groups excluding carboxylic acids is 1. The molecule has 1 aliphatic rings. The molecule has 0 spiro atoms. The van der Waals surface area contributed by atoms with Crippen LogP contribution in [0.3, 0.4) is 0 Å². The summed E-state index contributed by atoms with van der Waals surface area (Å²) in [7, 11) is 1.47. The van der Waals surface area contributed by atoms with E-state index in [4.69, 9.17) is 49.0 Å². The van der Waals surface area contributed by atoms with Crippen molar-refractivity contribution in [1.29, 1.82) is 0 Å². The first-order valence-electron chi connectivity index (χ1n) is 9.57. The summed E-state index contributed by atoms with van der Waals surface area (Å²) in [5.41, 5.74) is 1.40. The molecule has 1 aliphatic heterocycles. The van der Waals surface area contributed by atoms with Crippen LogP contribution in [-0.2, 0) is 16.1 Å². The van der Waals surface area contributed by atoms with Gasteiger partial charge in [0.1, 0.15) is 12.4 Å². The third-order valence-corrected chi connectivity index (χ3v) is 5.67. The van der Waals surface area contributed by atoms with E-state index in [9.17, 15) is 9.18 Å². The van der Waals surface area contributed by atoms with Crippen molar-refractivity contribution in [2.75, 3.05) is 7.11 Å². The highest BCUT2D eigenvalue weighted by atomic mass is 35.5. The molecule has 0 amide bonds. The molecule has 168 valence electrons. The van der Waals surface area contributed by atoms with E-state index in [1.54, 1.807) is 36.4 Å². The Morgan fingerprint density at radius 3 is 2.55 bits per heavy atom. The number of methoxy groups -OCH3 is 1. The van der Waals surface area contributed by atoms with Crippen molar-refractivity contribution >= 4 is 52.7 Å². The van der Waals surface area contributed by atoms with Gasteiger partial charge in [-0.15, -0.1) is 0 Å². The highest BCUT2D eigenvalue weighted by Crippen LogP contribution is 2.38.